The van der Waals surface area contributed by atoms with Gasteiger partial charge in [0.2, 0.25) is 0 Å². The van der Waals surface area contributed by atoms with Crippen molar-refractivity contribution in [2.24, 2.45) is 17.8 Å². The van der Waals surface area contributed by atoms with Gasteiger partial charge in [0.25, 0.3) is 5.69 Å². The van der Waals surface area contributed by atoms with E-state index in [2.05, 4.69) is 0 Å². The van der Waals surface area contributed by atoms with E-state index >= 15 is 0 Å². The van der Waals surface area contributed by atoms with Crippen LogP contribution in [0.3, 0.4) is 0 Å². The fourth-order valence-corrected chi connectivity index (χ4v) is 3.85. The third-order valence-electron chi connectivity index (χ3n) is 4.51. The summed E-state index contributed by atoms with van der Waals surface area (Å²) < 4.78 is 23.1. The Hall–Kier alpha value is -2.68. The van der Waals surface area contributed by atoms with Gasteiger partial charge in [0.05, 0.1) is 15.4 Å². The second-order valence-electron chi connectivity index (χ2n) is 6.14. The number of carbonyl (C=O) groups excluding carboxylic acids is 3. The van der Waals surface area contributed by atoms with Crippen LogP contribution < -0.4 is 0 Å². The number of fused-ring (bicyclic) bond motifs is 2. The van der Waals surface area contributed by atoms with Crippen LogP contribution in [0.15, 0.2) is 35.2 Å². The highest BCUT2D eigenvalue weighted by atomic mass is 32.2. The van der Waals surface area contributed by atoms with E-state index in [4.69, 9.17) is 0 Å². The van der Waals surface area contributed by atoms with Crippen LogP contribution in [0.25, 0.3) is 0 Å². The minimum absolute atomic E-state index is 0.321. The summed E-state index contributed by atoms with van der Waals surface area (Å²) in [5, 5.41) is 11.3. The van der Waals surface area contributed by atoms with E-state index in [0.29, 0.717) is 6.42 Å². The highest BCUT2D eigenvalue weighted by Crippen LogP contribution is 2.37. The number of ketones is 3. The number of hydrogen-bond donors (Lipinski definition) is 0. The van der Waals surface area contributed by atoms with Gasteiger partial charge in [-0.05, 0) is 18.6 Å². The third-order valence-corrected chi connectivity index (χ3v) is 5.62. The molecule has 2 aliphatic carbocycles. The Balaban J connectivity index is 2.07. The van der Waals surface area contributed by atoms with E-state index in [0.717, 1.165) is 24.5 Å². The quantitative estimate of drug-likeness (QED) is 0.258. The molecule has 130 valence electrons. The summed E-state index contributed by atoms with van der Waals surface area (Å²) in [6, 6.07) is 2.81. The average molecular weight is 363 g/mol. The fraction of sp³-hybridized carbons (Fsp3) is 0.312. The van der Waals surface area contributed by atoms with E-state index in [9.17, 15) is 32.9 Å². The molecule has 2 unspecified atom stereocenters. The van der Waals surface area contributed by atoms with E-state index in [1.165, 1.54) is 0 Å². The smallest absolute Gasteiger partial charge is 0.281 e. The van der Waals surface area contributed by atoms with E-state index < -0.39 is 61.1 Å². The lowest BCUT2D eigenvalue weighted by Crippen LogP contribution is -2.42. The van der Waals surface area contributed by atoms with Gasteiger partial charge < -0.3 is 0 Å². The number of nitro groups is 1. The molecule has 1 aromatic carbocycles. The number of Topliss-reactive ketones (excluding diaryl/α,β-unsaturated/α-hetero) is 3. The molecule has 2 atom stereocenters. The highest BCUT2D eigenvalue weighted by Gasteiger charge is 2.48. The molecule has 1 saturated carbocycles. The van der Waals surface area contributed by atoms with Crippen LogP contribution in [0.5, 0.6) is 0 Å². The van der Waals surface area contributed by atoms with Gasteiger partial charge in [0, 0.05) is 24.2 Å². The van der Waals surface area contributed by atoms with E-state index in [1.807, 2.05) is 0 Å². The molecule has 1 fully saturated rings. The number of benzene rings is 1. The first-order valence-corrected chi connectivity index (χ1v) is 9.29. The molecule has 0 aromatic heterocycles. The summed E-state index contributed by atoms with van der Waals surface area (Å²) in [5.74, 6) is -4.75. The van der Waals surface area contributed by atoms with E-state index in [1.54, 1.807) is 12.2 Å². The van der Waals surface area contributed by atoms with Crippen molar-refractivity contribution in [1.29, 1.82) is 0 Å². The first kappa shape index (κ1) is 17.2. The van der Waals surface area contributed by atoms with Gasteiger partial charge in [0.1, 0.15) is 5.92 Å². The van der Waals surface area contributed by atoms with Crippen molar-refractivity contribution in [2.45, 2.75) is 11.3 Å². The van der Waals surface area contributed by atoms with E-state index in [-0.39, 0.29) is 4.90 Å². The van der Waals surface area contributed by atoms with Crippen LogP contribution in [-0.4, -0.2) is 36.9 Å². The Morgan fingerprint density at radius 3 is 2.20 bits per heavy atom. The molecule has 0 aliphatic heterocycles. The summed E-state index contributed by atoms with van der Waals surface area (Å²) in [5.41, 5.74) is -1.18. The van der Waals surface area contributed by atoms with Crippen LogP contribution in [0, 0.1) is 27.9 Å². The summed E-state index contributed by atoms with van der Waals surface area (Å²) in [7, 11) is -3.71. The van der Waals surface area contributed by atoms with Gasteiger partial charge in [-0.3, -0.25) is 24.5 Å². The first-order valence-electron chi connectivity index (χ1n) is 7.39. The molecule has 0 amide bonds. The molecule has 0 N–H and O–H groups in total. The highest BCUT2D eigenvalue weighted by molar-refractivity contribution is 7.90. The number of carbonyl (C=O) groups is 3. The van der Waals surface area contributed by atoms with Crippen molar-refractivity contribution in [3.63, 3.8) is 0 Å². The second kappa shape index (κ2) is 5.69. The van der Waals surface area contributed by atoms with Gasteiger partial charge in [0.15, 0.2) is 27.2 Å². The minimum Gasteiger partial charge on any atom is -0.298 e. The Labute approximate surface area is 142 Å². The molecular formula is C16H13NO7S. The molecule has 0 radical (unpaired) electrons. The van der Waals surface area contributed by atoms with Gasteiger partial charge in [-0.25, -0.2) is 8.42 Å². The van der Waals surface area contributed by atoms with Crippen LogP contribution >= 0.6 is 0 Å². The summed E-state index contributed by atoms with van der Waals surface area (Å²) in [4.78, 5) is 47.5. The molecule has 0 heterocycles. The molecule has 3 rings (SSSR count). The SMILES string of the molecule is CS(=O)(=O)c1ccc(C(=O)C2C(=O)C3C=CC(C3)C2=O)c([N+](=O)[O-])c1. The fourth-order valence-electron chi connectivity index (χ4n) is 3.20. The summed E-state index contributed by atoms with van der Waals surface area (Å²) in [6.07, 6.45) is 4.38. The first-order chi connectivity index (χ1) is 11.6. The van der Waals surface area contributed by atoms with Crippen LogP contribution in [0.4, 0.5) is 5.69 Å². The maximum Gasteiger partial charge on any atom is 0.281 e. The summed E-state index contributed by atoms with van der Waals surface area (Å²) in [6.45, 7) is 0. The van der Waals surface area contributed by atoms with Crippen LogP contribution in [-0.2, 0) is 19.4 Å². The van der Waals surface area contributed by atoms with Crippen LogP contribution in [0.2, 0.25) is 0 Å². The molecular weight excluding hydrogens is 350 g/mol. The monoisotopic (exact) mass is 363 g/mol. The van der Waals surface area contributed by atoms with Crippen molar-refractivity contribution in [3.8, 4) is 0 Å². The summed E-state index contributed by atoms with van der Waals surface area (Å²) >= 11 is 0. The van der Waals surface area contributed by atoms with Crippen molar-refractivity contribution < 1.29 is 27.7 Å². The maximum absolute atomic E-state index is 12.7. The standard InChI is InChI=1S/C16H13NO7S/c1-25(23,24)10-4-5-11(12(7-10)17(21)22)16(20)13-14(18)8-2-3-9(6-8)15(13)19/h2-5,7-9,13H,6H2,1H3. The second-order valence-corrected chi connectivity index (χ2v) is 8.16. The molecule has 25 heavy (non-hydrogen) atoms. The van der Waals surface area contributed by atoms with Crippen molar-refractivity contribution in [1.82, 2.24) is 0 Å². The van der Waals surface area contributed by atoms with Crippen LogP contribution in [0.1, 0.15) is 16.8 Å². The number of sulfone groups is 1. The average Bonchev–Trinajstić information content (AvgIpc) is 2.98. The Kier molecular flexibility index (Phi) is 3.91. The number of allylic oxidation sites excluding steroid dienone is 2. The topological polar surface area (TPSA) is 128 Å². The Morgan fingerprint density at radius 2 is 1.72 bits per heavy atom. The lowest BCUT2D eigenvalue weighted by Gasteiger charge is -2.24. The van der Waals surface area contributed by atoms with Gasteiger partial charge in [-0.1, -0.05) is 12.2 Å². The molecule has 0 saturated heterocycles. The third kappa shape index (κ3) is 2.80. The zero-order valence-corrected chi connectivity index (χ0v) is 13.9. The van der Waals surface area contributed by atoms with Crippen molar-refractivity contribution in [2.75, 3.05) is 6.26 Å². The number of nitrogens with zero attached hydrogens (tertiary/aromatic N) is 1. The molecule has 8 nitrogen and oxygen atoms in total. The number of nitro benzene ring substituents is 1. The Bertz CT molecular complexity index is 937. The zero-order chi connectivity index (χ0) is 18.5. The lowest BCUT2D eigenvalue weighted by molar-refractivity contribution is -0.385. The van der Waals surface area contributed by atoms with Crippen molar-refractivity contribution in [3.05, 3.63) is 46.0 Å². The number of hydrogen-bond acceptors (Lipinski definition) is 7. The predicted octanol–water partition coefficient (Wildman–Crippen LogP) is 1.14. The largest absolute Gasteiger partial charge is 0.298 e. The number of rotatable bonds is 4. The van der Waals surface area contributed by atoms with Gasteiger partial charge in [-0.2, -0.15) is 0 Å². The van der Waals surface area contributed by atoms with Gasteiger partial charge >= 0.3 is 0 Å². The predicted molar refractivity (Wildman–Crippen MR) is 84.8 cm³/mol. The molecule has 2 bridgehead atoms. The minimum atomic E-state index is -3.71. The maximum atomic E-state index is 12.7. The molecule has 0 spiro atoms. The molecule has 1 aromatic rings. The lowest BCUT2D eigenvalue weighted by atomic mass is 9.74. The van der Waals surface area contributed by atoms with Gasteiger partial charge in [-0.15, -0.1) is 0 Å². The molecule has 2 aliphatic rings. The van der Waals surface area contributed by atoms with Crippen molar-refractivity contribution >= 4 is 32.9 Å². The zero-order valence-electron chi connectivity index (χ0n) is 13.0. The Morgan fingerprint density at radius 1 is 1.16 bits per heavy atom. The molecule has 9 heteroatoms. The normalized spacial score (nSPS) is 25.2.